The summed E-state index contributed by atoms with van der Waals surface area (Å²) >= 11 is 1.32. The van der Waals surface area contributed by atoms with Gasteiger partial charge in [0.05, 0.1) is 6.54 Å². The van der Waals surface area contributed by atoms with E-state index in [4.69, 9.17) is 0 Å². The van der Waals surface area contributed by atoms with Crippen LogP contribution < -0.4 is 5.32 Å². The van der Waals surface area contributed by atoms with Crippen LogP contribution in [0.25, 0.3) is 0 Å². The van der Waals surface area contributed by atoms with Gasteiger partial charge in [-0.25, -0.2) is 9.97 Å². The third-order valence-corrected chi connectivity index (χ3v) is 2.25. The number of aromatic nitrogens is 2. The summed E-state index contributed by atoms with van der Waals surface area (Å²) in [6.45, 7) is -0.675. The van der Waals surface area contributed by atoms with Crippen LogP contribution in [0.2, 0.25) is 0 Å². The van der Waals surface area contributed by atoms with Crippen molar-refractivity contribution in [1.82, 2.24) is 15.3 Å². The van der Waals surface area contributed by atoms with Crippen LogP contribution in [-0.4, -0.2) is 35.0 Å². The normalized spacial score (nSPS) is 11.7. The number of nitrogens with zero attached hydrogens (tertiary/aromatic N) is 2. The number of halogens is 3. The van der Waals surface area contributed by atoms with Crippen molar-refractivity contribution in [2.24, 2.45) is 0 Å². The van der Waals surface area contributed by atoms with Gasteiger partial charge in [-0.3, -0.25) is 0 Å². The van der Waals surface area contributed by atoms with Gasteiger partial charge in [0.1, 0.15) is 0 Å². The Morgan fingerprint density at radius 3 is 2.53 bits per heavy atom. The molecule has 1 heterocycles. The van der Waals surface area contributed by atoms with Crippen molar-refractivity contribution in [3.05, 3.63) is 18.5 Å². The Balaban J connectivity index is 2.08. The van der Waals surface area contributed by atoms with Gasteiger partial charge in [0.15, 0.2) is 5.16 Å². The lowest BCUT2D eigenvalue weighted by atomic mass is 10.6. The zero-order valence-electron chi connectivity index (χ0n) is 7.79. The van der Waals surface area contributed by atoms with Gasteiger partial charge in [-0.15, -0.1) is 0 Å². The second-order valence-electron chi connectivity index (χ2n) is 2.67. The molecule has 0 spiro atoms. The van der Waals surface area contributed by atoms with Crippen molar-refractivity contribution in [2.45, 2.75) is 11.3 Å². The molecule has 0 bridgehead atoms. The number of rotatable bonds is 5. The minimum absolute atomic E-state index is 0.280. The van der Waals surface area contributed by atoms with E-state index in [-0.39, 0.29) is 6.54 Å². The van der Waals surface area contributed by atoms with Crippen LogP contribution in [0.4, 0.5) is 13.2 Å². The summed E-state index contributed by atoms with van der Waals surface area (Å²) < 4.78 is 35.1. The Labute approximate surface area is 89.5 Å². The van der Waals surface area contributed by atoms with Gasteiger partial charge in [-0.05, 0) is 6.07 Å². The zero-order chi connectivity index (χ0) is 11.1. The Morgan fingerprint density at radius 1 is 1.27 bits per heavy atom. The summed E-state index contributed by atoms with van der Waals surface area (Å²) in [6.07, 6.45) is -0.954. The maximum Gasteiger partial charge on any atom is 0.401 e. The molecule has 0 amide bonds. The molecule has 1 rings (SSSR count). The van der Waals surface area contributed by atoms with Crippen LogP contribution in [0.1, 0.15) is 0 Å². The first-order chi connectivity index (χ1) is 7.08. The standard InChI is InChI=1S/C8H10F3N3S/c9-8(10,11)6-12-4-5-15-7-13-2-1-3-14-7/h1-3,12H,4-6H2. The van der Waals surface area contributed by atoms with Crippen molar-refractivity contribution in [3.63, 3.8) is 0 Å². The Hall–Kier alpha value is -0.820. The summed E-state index contributed by atoms with van der Waals surface area (Å²) in [4.78, 5) is 7.85. The Morgan fingerprint density at radius 2 is 1.93 bits per heavy atom. The smallest absolute Gasteiger partial charge is 0.308 e. The molecule has 0 fully saturated rings. The molecule has 15 heavy (non-hydrogen) atoms. The molecule has 0 aromatic carbocycles. The predicted octanol–water partition coefficient (Wildman–Crippen LogP) is 1.72. The summed E-state index contributed by atoms with van der Waals surface area (Å²) in [5, 5.41) is 2.87. The lowest BCUT2D eigenvalue weighted by molar-refractivity contribution is -0.124. The van der Waals surface area contributed by atoms with Gasteiger partial charge in [-0.2, -0.15) is 13.2 Å². The lowest BCUT2D eigenvalue weighted by Crippen LogP contribution is -2.30. The Kier molecular flexibility index (Phi) is 4.83. The molecule has 0 atom stereocenters. The van der Waals surface area contributed by atoms with Crippen LogP contribution in [0.3, 0.4) is 0 Å². The lowest BCUT2D eigenvalue weighted by Gasteiger charge is -2.07. The first-order valence-corrected chi connectivity index (χ1v) is 5.24. The van der Waals surface area contributed by atoms with E-state index in [1.807, 2.05) is 0 Å². The fourth-order valence-electron chi connectivity index (χ4n) is 0.805. The maximum absolute atomic E-state index is 11.7. The van der Waals surface area contributed by atoms with Crippen molar-refractivity contribution < 1.29 is 13.2 Å². The number of thioether (sulfide) groups is 1. The second-order valence-corrected chi connectivity index (χ2v) is 3.73. The number of hydrogen-bond acceptors (Lipinski definition) is 4. The highest BCUT2D eigenvalue weighted by molar-refractivity contribution is 7.99. The minimum atomic E-state index is -4.14. The van der Waals surface area contributed by atoms with Gasteiger partial charge in [0.2, 0.25) is 0 Å². The summed E-state index contributed by atoms with van der Waals surface area (Å²) in [5.41, 5.74) is 0. The number of alkyl halides is 3. The molecule has 0 aliphatic heterocycles. The average molecular weight is 237 g/mol. The minimum Gasteiger partial charge on any atom is -0.308 e. The molecule has 1 aromatic rings. The van der Waals surface area contributed by atoms with Gasteiger partial charge in [-0.1, -0.05) is 11.8 Å². The Bertz CT molecular complexity index is 278. The topological polar surface area (TPSA) is 37.8 Å². The molecule has 0 saturated carbocycles. The van der Waals surface area contributed by atoms with E-state index in [0.717, 1.165) is 0 Å². The quantitative estimate of drug-likeness (QED) is 0.480. The van der Waals surface area contributed by atoms with Crippen LogP contribution in [0.5, 0.6) is 0 Å². The first kappa shape index (κ1) is 12.3. The van der Waals surface area contributed by atoms with Crippen LogP contribution in [0, 0.1) is 0 Å². The van der Waals surface area contributed by atoms with Crippen molar-refractivity contribution in [1.29, 1.82) is 0 Å². The third-order valence-electron chi connectivity index (χ3n) is 1.38. The van der Waals surface area contributed by atoms with Gasteiger partial charge >= 0.3 is 6.18 Å². The predicted molar refractivity (Wildman–Crippen MR) is 51.7 cm³/mol. The highest BCUT2D eigenvalue weighted by Gasteiger charge is 2.25. The van der Waals surface area contributed by atoms with Crippen molar-refractivity contribution in [2.75, 3.05) is 18.8 Å². The highest BCUT2D eigenvalue weighted by atomic mass is 32.2. The summed E-state index contributed by atoms with van der Waals surface area (Å²) in [7, 11) is 0. The molecule has 0 unspecified atom stereocenters. The molecule has 0 radical (unpaired) electrons. The average Bonchev–Trinajstić information content (AvgIpc) is 2.17. The van der Waals surface area contributed by atoms with Crippen LogP contribution >= 0.6 is 11.8 Å². The van der Waals surface area contributed by atoms with Crippen LogP contribution in [-0.2, 0) is 0 Å². The molecule has 84 valence electrons. The fourth-order valence-corrected chi connectivity index (χ4v) is 1.50. The zero-order valence-corrected chi connectivity index (χ0v) is 8.61. The summed E-state index contributed by atoms with van der Waals surface area (Å²) in [6, 6.07) is 1.69. The van der Waals surface area contributed by atoms with E-state index in [9.17, 15) is 13.2 Å². The highest BCUT2D eigenvalue weighted by Crippen LogP contribution is 2.13. The van der Waals surface area contributed by atoms with Crippen molar-refractivity contribution in [3.8, 4) is 0 Å². The maximum atomic E-state index is 11.7. The second kappa shape index (κ2) is 5.92. The monoisotopic (exact) mass is 237 g/mol. The summed E-state index contributed by atoms with van der Waals surface area (Å²) in [5.74, 6) is 0.514. The van der Waals surface area contributed by atoms with Gasteiger partial charge in [0, 0.05) is 24.7 Å². The molecule has 0 saturated heterocycles. The van der Waals surface area contributed by atoms with E-state index < -0.39 is 12.7 Å². The molecular weight excluding hydrogens is 227 g/mol. The first-order valence-electron chi connectivity index (χ1n) is 4.25. The SMILES string of the molecule is FC(F)(F)CNCCSc1ncccn1. The number of hydrogen-bond donors (Lipinski definition) is 1. The number of nitrogens with one attached hydrogen (secondary N) is 1. The molecule has 7 heteroatoms. The molecule has 1 N–H and O–H groups in total. The van der Waals surface area contributed by atoms with Gasteiger partial charge < -0.3 is 5.32 Å². The van der Waals surface area contributed by atoms with E-state index in [0.29, 0.717) is 10.9 Å². The van der Waals surface area contributed by atoms with E-state index in [1.165, 1.54) is 11.8 Å². The molecule has 0 aliphatic carbocycles. The van der Waals surface area contributed by atoms with Gasteiger partial charge in [0.25, 0.3) is 0 Å². The molecule has 0 aliphatic rings. The molecular formula is C8H10F3N3S. The fraction of sp³-hybridized carbons (Fsp3) is 0.500. The van der Waals surface area contributed by atoms with Crippen molar-refractivity contribution >= 4 is 11.8 Å². The van der Waals surface area contributed by atoms with E-state index in [2.05, 4.69) is 15.3 Å². The largest absolute Gasteiger partial charge is 0.401 e. The third kappa shape index (κ3) is 6.29. The van der Waals surface area contributed by atoms with E-state index >= 15 is 0 Å². The molecule has 1 aromatic heterocycles. The van der Waals surface area contributed by atoms with E-state index in [1.54, 1.807) is 18.5 Å². The molecule has 3 nitrogen and oxygen atoms in total. The van der Waals surface area contributed by atoms with Crippen LogP contribution in [0.15, 0.2) is 23.6 Å².